The number of nitrogens with zero attached hydrogens (tertiary/aromatic N) is 3. The highest BCUT2D eigenvalue weighted by Gasteiger charge is 2.22. The van der Waals surface area contributed by atoms with E-state index in [2.05, 4.69) is 22.9 Å². The van der Waals surface area contributed by atoms with E-state index in [9.17, 15) is 5.26 Å². The van der Waals surface area contributed by atoms with Gasteiger partial charge in [0.2, 0.25) is 0 Å². The lowest BCUT2D eigenvalue weighted by Crippen LogP contribution is -2.21. The minimum atomic E-state index is 0.723. The van der Waals surface area contributed by atoms with Crippen LogP contribution in [-0.2, 0) is 0 Å². The van der Waals surface area contributed by atoms with E-state index < -0.39 is 0 Å². The molecule has 3 heteroatoms. The normalized spacial score (nSPS) is 19.9. The Kier molecular flexibility index (Phi) is 2.82. The zero-order chi connectivity index (χ0) is 11.7. The third-order valence-corrected chi connectivity index (χ3v) is 3.18. The maximum absolute atomic E-state index is 9.20. The first-order valence-corrected chi connectivity index (χ1v) is 5.75. The summed E-state index contributed by atoms with van der Waals surface area (Å²) in [6, 6.07) is 4.31. The maximum atomic E-state index is 9.20. The van der Waals surface area contributed by atoms with Gasteiger partial charge in [-0.15, -0.1) is 0 Å². The van der Waals surface area contributed by atoms with Gasteiger partial charge in [-0.2, -0.15) is 5.26 Å². The van der Waals surface area contributed by atoms with Crippen molar-refractivity contribution in [1.29, 1.82) is 5.26 Å². The first-order valence-electron chi connectivity index (χ1n) is 5.75. The average Bonchev–Trinajstić information content (AvgIpc) is 2.63. The maximum Gasteiger partial charge on any atom is 0.103 e. The van der Waals surface area contributed by atoms with Gasteiger partial charge < -0.3 is 4.90 Å². The van der Waals surface area contributed by atoms with Gasteiger partial charge >= 0.3 is 0 Å². The highest BCUT2D eigenvalue weighted by Crippen LogP contribution is 2.28. The molecule has 16 heavy (non-hydrogen) atoms. The molecule has 1 unspecified atom stereocenters. The molecule has 2 heterocycles. The van der Waals surface area contributed by atoms with Crippen LogP contribution in [0.15, 0.2) is 6.07 Å². The molecule has 1 aliphatic heterocycles. The van der Waals surface area contributed by atoms with Crippen LogP contribution in [0.25, 0.3) is 0 Å². The zero-order valence-corrected chi connectivity index (χ0v) is 10.1. The standard InChI is InChI=1S/C13H17N3/c1-9-4-5-16(8-9)13-6-10(2)15-11(3)12(13)7-14/h6,9H,4-5,8H2,1-3H3. The van der Waals surface area contributed by atoms with Gasteiger partial charge in [0, 0.05) is 18.8 Å². The summed E-state index contributed by atoms with van der Waals surface area (Å²) < 4.78 is 0. The first kappa shape index (κ1) is 10.9. The molecule has 0 aromatic carbocycles. The lowest BCUT2D eigenvalue weighted by molar-refractivity contribution is 0.659. The number of nitriles is 1. The van der Waals surface area contributed by atoms with Crippen LogP contribution in [0, 0.1) is 31.1 Å². The fourth-order valence-electron chi connectivity index (χ4n) is 2.35. The predicted molar refractivity (Wildman–Crippen MR) is 64.4 cm³/mol. The van der Waals surface area contributed by atoms with Crippen molar-refractivity contribution in [2.24, 2.45) is 5.92 Å². The molecule has 1 saturated heterocycles. The number of rotatable bonds is 1. The topological polar surface area (TPSA) is 39.9 Å². The van der Waals surface area contributed by atoms with E-state index in [4.69, 9.17) is 0 Å². The van der Waals surface area contributed by atoms with Gasteiger partial charge in [0.25, 0.3) is 0 Å². The van der Waals surface area contributed by atoms with Crippen LogP contribution in [0.2, 0.25) is 0 Å². The van der Waals surface area contributed by atoms with Crippen molar-refractivity contribution in [3.8, 4) is 6.07 Å². The van der Waals surface area contributed by atoms with Crippen molar-refractivity contribution in [2.75, 3.05) is 18.0 Å². The summed E-state index contributed by atoms with van der Waals surface area (Å²) in [4.78, 5) is 6.66. The van der Waals surface area contributed by atoms with Gasteiger partial charge in [0.1, 0.15) is 6.07 Å². The molecule has 1 aromatic rings. The molecule has 0 saturated carbocycles. The van der Waals surface area contributed by atoms with Crippen LogP contribution in [0.4, 0.5) is 5.69 Å². The summed E-state index contributed by atoms with van der Waals surface area (Å²) in [5.41, 5.74) is 3.64. The number of aryl methyl sites for hydroxylation is 2. The third kappa shape index (κ3) is 1.88. The Hall–Kier alpha value is -1.56. The van der Waals surface area contributed by atoms with Gasteiger partial charge in [-0.1, -0.05) is 6.92 Å². The Labute approximate surface area is 96.7 Å². The number of hydrogen-bond acceptors (Lipinski definition) is 3. The third-order valence-electron chi connectivity index (χ3n) is 3.18. The molecule has 2 rings (SSSR count). The minimum absolute atomic E-state index is 0.723. The summed E-state index contributed by atoms with van der Waals surface area (Å²) in [6.45, 7) is 8.26. The molecule has 0 aliphatic carbocycles. The monoisotopic (exact) mass is 215 g/mol. The molecule has 1 aromatic heterocycles. The van der Waals surface area contributed by atoms with Crippen LogP contribution in [0.5, 0.6) is 0 Å². The molecule has 0 N–H and O–H groups in total. The summed E-state index contributed by atoms with van der Waals surface area (Å²) in [6.07, 6.45) is 1.21. The SMILES string of the molecule is Cc1cc(N2CCC(C)C2)c(C#N)c(C)n1. The van der Waals surface area contributed by atoms with E-state index in [1.165, 1.54) is 6.42 Å². The predicted octanol–water partition coefficient (Wildman–Crippen LogP) is 2.42. The Morgan fingerprint density at radius 1 is 1.50 bits per heavy atom. The molecule has 0 spiro atoms. The van der Waals surface area contributed by atoms with Crippen LogP contribution in [0.3, 0.4) is 0 Å². The summed E-state index contributed by atoms with van der Waals surface area (Å²) in [5.74, 6) is 0.723. The zero-order valence-electron chi connectivity index (χ0n) is 10.1. The van der Waals surface area contributed by atoms with E-state index in [1.54, 1.807) is 0 Å². The van der Waals surface area contributed by atoms with Gasteiger partial charge in [0.15, 0.2) is 0 Å². The molecule has 1 atom stereocenters. The number of hydrogen-bond donors (Lipinski definition) is 0. The van der Waals surface area contributed by atoms with Crippen molar-refractivity contribution in [3.63, 3.8) is 0 Å². The molecule has 0 bridgehead atoms. The van der Waals surface area contributed by atoms with Crippen LogP contribution in [-0.4, -0.2) is 18.1 Å². The minimum Gasteiger partial charge on any atom is -0.370 e. The second-order valence-electron chi connectivity index (χ2n) is 4.69. The van der Waals surface area contributed by atoms with Gasteiger partial charge in [-0.05, 0) is 32.3 Å². The highest BCUT2D eigenvalue weighted by molar-refractivity contribution is 5.62. The van der Waals surface area contributed by atoms with E-state index >= 15 is 0 Å². The van der Waals surface area contributed by atoms with Crippen molar-refractivity contribution < 1.29 is 0 Å². The summed E-state index contributed by atoms with van der Waals surface area (Å²) in [5, 5.41) is 9.20. The van der Waals surface area contributed by atoms with E-state index in [0.717, 1.165) is 41.6 Å². The van der Waals surface area contributed by atoms with E-state index in [-0.39, 0.29) is 0 Å². The van der Waals surface area contributed by atoms with Gasteiger partial charge in [-0.3, -0.25) is 4.98 Å². The summed E-state index contributed by atoms with van der Waals surface area (Å²) in [7, 11) is 0. The van der Waals surface area contributed by atoms with Crippen LogP contribution in [0.1, 0.15) is 30.3 Å². The lowest BCUT2D eigenvalue weighted by atomic mass is 10.1. The van der Waals surface area contributed by atoms with Gasteiger partial charge in [0.05, 0.1) is 16.9 Å². The fourth-order valence-corrected chi connectivity index (χ4v) is 2.35. The molecule has 1 aliphatic rings. The molecule has 0 radical (unpaired) electrons. The molecular weight excluding hydrogens is 198 g/mol. The van der Waals surface area contributed by atoms with E-state index in [1.807, 2.05) is 19.9 Å². The Bertz CT molecular complexity index is 445. The van der Waals surface area contributed by atoms with E-state index in [0.29, 0.717) is 0 Å². The Morgan fingerprint density at radius 2 is 2.25 bits per heavy atom. The Morgan fingerprint density at radius 3 is 2.81 bits per heavy atom. The molecule has 0 amide bonds. The van der Waals surface area contributed by atoms with Crippen LogP contribution < -0.4 is 4.90 Å². The van der Waals surface area contributed by atoms with Crippen molar-refractivity contribution in [2.45, 2.75) is 27.2 Å². The number of pyridine rings is 1. The second kappa shape index (κ2) is 4.13. The van der Waals surface area contributed by atoms with Crippen molar-refractivity contribution in [1.82, 2.24) is 4.98 Å². The number of aromatic nitrogens is 1. The van der Waals surface area contributed by atoms with Gasteiger partial charge in [-0.25, -0.2) is 0 Å². The first-order chi connectivity index (χ1) is 7.61. The molecule has 84 valence electrons. The lowest BCUT2D eigenvalue weighted by Gasteiger charge is -2.20. The fraction of sp³-hybridized carbons (Fsp3) is 0.538. The molecule has 3 nitrogen and oxygen atoms in total. The highest BCUT2D eigenvalue weighted by atomic mass is 15.2. The molecular formula is C13H17N3. The molecule has 1 fully saturated rings. The second-order valence-corrected chi connectivity index (χ2v) is 4.69. The smallest absolute Gasteiger partial charge is 0.103 e. The largest absolute Gasteiger partial charge is 0.370 e. The quantitative estimate of drug-likeness (QED) is 0.722. The average molecular weight is 215 g/mol. The van der Waals surface area contributed by atoms with Crippen molar-refractivity contribution >= 4 is 5.69 Å². The van der Waals surface area contributed by atoms with Crippen molar-refractivity contribution in [3.05, 3.63) is 23.0 Å². The summed E-state index contributed by atoms with van der Waals surface area (Å²) >= 11 is 0. The van der Waals surface area contributed by atoms with Crippen LogP contribution >= 0.6 is 0 Å². The Balaban J connectivity index is 2.43. The number of anilines is 1.